The van der Waals surface area contributed by atoms with Crippen LogP contribution in [0, 0.1) is 0 Å². The molecule has 0 aliphatic carbocycles. The molecule has 0 unspecified atom stereocenters. The summed E-state index contributed by atoms with van der Waals surface area (Å²) in [6.45, 7) is 5.72. The minimum Gasteiger partial charge on any atom is -0.393 e. The summed E-state index contributed by atoms with van der Waals surface area (Å²) in [4.78, 5) is 0. The monoisotopic (exact) mass is 160 g/mol. The van der Waals surface area contributed by atoms with Gasteiger partial charge in [0, 0.05) is 0 Å². The molecule has 0 spiro atoms. The number of aliphatic hydroxyl groups excluding tert-OH is 1. The van der Waals surface area contributed by atoms with E-state index >= 15 is 0 Å². The van der Waals surface area contributed by atoms with E-state index in [2.05, 4.69) is 0 Å². The molecule has 0 heterocycles. The van der Waals surface area contributed by atoms with Crippen molar-refractivity contribution in [3.8, 4) is 0 Å². The molecule has 0 aromatic rings. The predicted octanol–water partition coefficient (Wildman–Crippen LogP) is 1.70. The Morgan fingerprint density at radius 1 is 1.36 bits per heavy atom. The summed E-state index contributed by atoms with van der Waals surface area (Å²) in [7, 11) is 0. The van der Waals surface area contributed by atoms with Gasteiger partial charge < -0.3 is 10.2 Å². The van der Waals surface area contributed by atoms with Crippen LogP contribution in [0.4, 0.5) is 0 Å². The van der Waals surface area contributed by atoms with Crippen LogP contribution in [0.3, 0.4) is 0 Å². The molecular weight excluding hydrogens is 140 g/mol. The van der Waals surface area contributed by atoms with Crippen LogP contribution < -0.4 is 0 Å². The van der Waals surface area contributed by atoms with Crippen molar-refractivity contribution in [2.45, 2.75) is 58.2 Å². The van der Waals surface area contributed by atoms with E-state index in [9.17, 15) is 10.2 Å². The Morgan fingerprint density at radius 2 is 1.91 bits per heavy atom. The Hall–Kier alpha value is -0.0800. The minimum atomic E-state index is -0.587. The van der Waals surface area contributed by atoms with Crippen LogP contribution in [0.1, 0.15) is 46.5 Å². The van der Waals surface area contributed by atoms with Gasteiger partial charge in [-0.1, -0.05) is 13.8 Å². The molecule has 11 heavy (non-hydrogen) atoms. The highest BCUT2D eigenvalue weighted by atomic mass is 16.3. The first-order valence-corrected chi connectivity index (χ1v) is 4.42. The van der Waals surface area contributed by atoms with Gasteiger partial charge in [0.2, 0.25) is 0 Å². The van der Waals surface area contributed by atoms with E-state index in [1.807, 2.05) is 20.8 Å². The van der Waals surface area contributed by atoms with E-state index in [1.165, 1.54) is 0 Å². The second kappa shape index (κ2) is 4.73. The fourth-order valence-electron chi connectivity index (χ4n) is 0.858. The maximum Gasteiger partial charge on any atom is 0.0618 e. The third-order valence-electron chi connectivity index (χ3n) is 2.25. The molecule has 2 heteroatoms. The maximum absolute atomic E-state index is 9.56. The molecule has 2 atom stereocenters. The molecule has 0 saturated heterocycles. The first-order chi connectivity index (χ1) is 5.02. The average Bonchev–Trinajstić information content (AvgIpc) is 2.00. The Labute approximate surface area is 69.2 Å². The standard InChI is InChI=1S/C9H20O2/c1-4-8(10)6-7-9(3,11)5-2/h8,10-11H,4-7H2,1-3H3/t8-,9+/m1/s1. The van der Waals surface area contributed by atoms with Crippen molar-refractivity contribution < 1.29 is 10.2 Å². The van der Waals surface area contributed by atoms with Gasteiger partial charge in [0.1, 0.15) is 0 Å². The lowest BCUT2D eigenvalue weighted by molar-refractivity contribution is 0.0283. The molecule has 0 amide bonds. The van der Waals surface area contributed by atoms with Gasteiger partial charge in [-0.05, 0) is 32.6 Å². The summed E-state index contributed by atoms with van der Waals surface area (Å²) < 4.78 is 0. The number of aliphatic hydroxyl groups is 2. The Bertz CT molecular complexity index is 99.7. The average molecular weight is 160 g/mol. The Kier molecular flexibility index (Phi) is 4.69. The van der Waals surface area contributed by atoms with Crippen LogP contribution in [-0.2, 0) is 0 Å². The van der Waals surface area contributed by atoms with Gasteiger partial charge in [0.05, 0.1) is 11.7 Å². The van der Waals surface area contributed by atoms with Crippen molar-refractivity contribution >= 4 is 0 Å². The van der Waals surface area contributed by atoms with Crippen molar-refractivity contribution in [3.05, 3.63) is 0 Å². The second-order valence-corrected chi connectivity index (χ2v) is 3.45. The molecule has 0 bridgehead atoms. The van der Waals surface area contributed by atoms with Crippen LogP contribution in [0.15, 0.2) is 0 Å². The van der Waals surface area contributed by atoms with E-state index in [4.69, 9.17) is 0 Å². The maximum atomic E-state index is 9.56. The molecular formula is C9H20O2. The Balaban J connectivity index is 3.52. The van der Waals surface area contributed by atoms with Gasteiger partial charge in [0.15, 0.2) is 0 Å². The van der Waals surface area contributed by atoms with Crippen LogP contribution in [0.5, 0.6) is 0 Å². The highest BCUT2D eigenvalue weighted by Crippen LogP contribution is 2.17. The quantitative estimate of drug-likeness (QED) is 0.642. The lowest BCUT2D eigenvalue weighted by atomic mass is 9.95. The predicted molar refractivity (Wildman–Crippen MR) is 46.4 cm³/mol. The van der Waals surface area contributed by atoms with Crippen molar-refractivity contribution in [2.75, 3.05) is 0 Å². The van der Waals surface area contributed by atoms with Crippen LogP contribution >= 0.6 is 0 Å². The van der Waals surface area contributed by atoms with E-state index in [0.29, 0.717) is 12.8 Å². The zero-order chi connectivity index (χ0) is 8.91. The van der Waals surface area contributed by atoms with Gasteiger partial charge in [0.25, 0.3) is 0 Å². The normalized spacial score (nSPS) is 19.4. The summed E-state index contributed by atoms with van der Waals surface area (Å²) in [6.07, 6.45) is 2.69. The third kappa shape index (κ3) is 5.22. The molecule has 2 nitrogen and oxygen atoms in total. The van der Waals surface area contributed by atoms with Gasteiger partial charge in [-0.3, -0.25) is 0 Å². The van der Waals surface area contributed by atoms with E-state index in [1.54, 1.807) is 0 Å². The Morgan fingerprint density at radius 3 is 2.27 bits per heavy atom. The summed E-state index contributed by atoms with van der Waals surface area (Å²) in [6, 6.07) is 0. The molecule has 2 N–H and O–H groups in total. The highest BCUT2D eigenvalue weighted by Gasteiger charge is 2.18. The van der Waals surface area contributed by atoms with Gasteiger partial charge >= 0.3 is 0 Å². The molecule has 0 rings (SSSR count). The van der Waals surface area contributed by atoms with Crippen molar-refractivity contribution in [1.82, 2.24) is 0 Å². The summed E-state index contributed by atoms with van der Waals surface area (Å²) >= 11 is 0. The lowest BCUT2D eigenvalue weighted by Crippen LogP contribution is -2.24. The smallest absolute Gasteiger partial charge is 0.0618 e. The topological polar surface area (TPSA) is 40.5 Å². The second-order valence-electron chi connectivity index (χ2n) is 3.45. The fraction of sp³-hybridized carbons (Fsp3) is 1.00. The first-order valence-electron chi connectivity index (χ1n) is 4.42. The molecule has 0 fully saturated rings. The lowest BCUT2D eigenvalue weighted by Gasteiger charge is -2.22. The van der Waals surface area contributed by atoms with Crippen molar-refractivity contribution in [2.24, 2.45) is 0 Å². The third-order valence-corrected chi connectivity index (χ3v) is 2.25. The van der Waals surface area contributed by atoms with Gasteiger partial charge in [-0.25, -0.2) is 0 Å². The molecule has 0 aliphatic heterocycles. The number of rotatable bonds is 5. The SMILES string of the molecule is CC[C@@H](O)CC[C@@](C)(O)CC. The summed E-state index contributed by atoms with van der Waals surface area (Å²) in [5.41, 5.74) is -0.587. The summed E-state index contributed by atoms with van der Waals surface area (Å²) in [5.74, 6) is 0. The van der Waals surface area contributed by atoms with Crippen LogP contribution in [0.25, 0.3) is 0 Å². The highest BCUT2D eigenvalue weighted by molar-refractivity contribution is 4.71. The van der Waals surface area contributed by atoms with E-state index < -0.39 is 5.60 Å². The molecule has 0 saturated carbocycles. The van der Waals surface area contributed by atoms with Gasteiger partial charge in [-0.2, -0.15) is 0 Å². The fourth-order valence-corrected chi connectivity index (χ4v) is 0.858. The molecule has 0 radical (unpaired) electrons. The first kappa shape index (κ1) is 10.9. The minimum absolute atomic E-state index is 0.243. The molecule has 0 aromatic carbocycles. The van der Waals surface area contributed by atoms with E-state index in [0.717, 1.165) is 12.8 Å². The van der Waals surface area contributed by atoms with Crippen molar-refractivity contribution in [1.29, 1.82) is 0 Å². The number of hydrogen-bond donors (Lipinski definition) is 2. The van der Waals surface area contributed by atoms with Crippen molar-refractivity contribution in [3.63, 3.8) is 0 Å². The van der Waals surface area contributed by atoms with Gasteiger partial charge in [-0.15, -0.1) is 0 Å². The largest absolute Gasteiger partial charge is 0.393 e. The van der Waals surface area contributed by atoms with E-state index in [-0.39, 0.29) is 6.10 Å². The molecule has 0 aliphatic rings. The zero-order valence-electron chi connectivity index (χ0n) is 7.80. The zero-order valence-corrected chi connectivity index (χ0v) is 7.80. The van der Waals surface area contributed by atoms with Crippen LogP contribution in [0.2, 0.25) is 0 Å². The van der Waals surface area contributed by atoms with Crippen LogP contribution in [-0.4, -0.2) is 21.9 Å². The molecule has 68 valence electrons. The molecule has 0 aromatic heterocycles. The summed E-state index contributed by atoms with van der Waals surface area (Å²) in [5, 5.41) is 18.8. The number of hydrogen-bond acceptors (Lipinski definition) is 2.